The van der Waals surface area contributed by atoms with Gasteiger partial charge >= 0.3 is 5.97 Å². The van der Waals surface area contributed by atoms with Gasteiger partial charge in [0.25, 0.3) is 10.0 Å². The van der Waals surface area contributed by atoms with Crippen LogP contribution in [0.5, 0.6) is 0 Å². The number of aromatic carboxylic acids is 1. The lowest BCUT2D eigenvalue weighted by Gasteiger charge is -2.17. The third-order valence-corrected chi connectivity index (χ3v) is 7.38. The van der Waals surface area contributed by atoms with E-state index in [1.807, 2.05) is 0 Å². The highest BCUT2D eigenvalue weighted by molar-refractivity contribution is 7.92. The predicted molar refractivity (Wildman–Crippen MR) is 146 cm³/mol. The van der Waals surface area contributed by atoms with E-state index in [0.717, 1.165) is 0 Å². The first-order valence-electron chi connectivity index (χ1n) is 10.9. The summed E-state index contributed by atoms with van der Waals surface area (Å²) in [5.74, 6) is -1.08. The zero-order valence-corrected chi connectivity index (χ0v) is 21.2. The molecule has 5 aromatic rings. The lowest BCUT2D eigenvalue weighted by atomic mass is 10.0. The Morgan fingerprint density at radius 3 is 2.32 bits per heavy atom. The van der Waals surface area contributed by atoms with Crippen molar-refractivity contribution in [3.05, 3.63) is 107 Å². The van der Waals surface area contributed by atoms with Crippen molar-refractivity contribution >= 4 is 67.2 Å². The summed E-state index contributed by atoms with van der Waals surface area (Å²) in [5, 5.41) is 13.7. The van der Waals surface area contributed by atoms with Gasteiger partial charge in [0, 0.05) is 38.3 Å². The van der Waals surface area contributed by atoms with Crippen molar-refractivity contribution in [3.8, 4) is 11.1 Å². The summed E-state index contributed by atoms with van der Waals surface area (Å²) in [5.41, 5.74) is 2.81. The molecule has 0 spiro atoms. The minimum atomic E-state index is -4.09. The van der Waals surface area contributed by atoms with Crippen molar-refractivity contribution in [2.45, 2.75) is 5.09 Å². The van der Waals surface area contributed by atoms with Crippen LogP contribution in [0.25, 0.3) is 22.1 Å². The van der Waals surface area contributed by atoms with E-state index < -0.39 is 16.0 Å². The maximum absolute atomic E-state index is 13.2. The first-order valence-corrected chi connectivity index (χ1v) is 13.2. The van der Waals surface area contributed by atoms with Crippen molar-refractivity contribution in [2.24, 2.45) is 0 Å². The third kappa shape index (κ3) is 5.13. The Labute approximate surface area is 222 Å². The number of halogens is 2. The van der Waals surface area contributed by atoms with E-state index in [0.29, 0.717) is 43.5 Å². The molecular formula is C27H18Cl2N2O5S. The Kier molecular flexibility index (Phi) is 6.55. The first-order chi connectivity index (χ1) is 17.7. The van der Waals surface area contributed by atoms with Crippen LogP contribution in [0.3, 0.4) is 0 Å². The topological polar surface area (TPSA) is 109 Å². The highest BCUT2D eigenvalue weighted by Crippen LogP contribution is 2.38. The summed E-state index contributed by atoms with van der Waals surface area (Å²) in [6, 6.07) is 24.7. The molecule has 0 radical (unpaired) electrons. The van der Waals surface area contributed by atoms with E-state index in [9.17, 15) is 18.3 Å². The molecule has 10 heteroatoms. The lowest BCUT2D eigenvalue weighted by Crippen LogP contribution is -2.13. The second-order valence-corrected chi connectivity index (χ2v) is 10.5. The van der Waals surface area contributed by atoms with Gasteiger partial charge in [-0.25, -0.2) is 4.79 Å². The molecule has 0 aliphatic heterocycles. The molecule has 3 N–H and O–H groups in total. The van der Waals surface area contributed by atoms with Crippen LogP contribution in [-0.4, -0.2) is 19.5 Å². The standard InChI is InChI=1S/C27H18Cl2N2O5S/c28-18-10-12-23(24(15-18)31-37(34,35)26-14-16-5-1-4-8-25(16)36-26)30-22-7-3-2-6-19(22)20-13-17(27(32)33)9-11-21(20)29/h1-15,30-31H,(H,32,33). The van der Waals surface area contributed by atoms with Crippen LogP contribution in [0.2, 0.25) is 10.0 Å². The maximum Gasteiger partial charge on any atom is 0.335 e. The molecule has 0 unspecified atom stereocenters. The van der Waals surface area contributed by atoms with Crippen LogP contribution in [0.4, 0.5) is 17.1 Å². The van der Waals surface area contributed by atoms with Gasteiger partial charge in [-0.3, -0.25) is 4.72 Å². The molecule has 37 heavy (non-hydrogen) atoms. The second-order valence-electron chi connectivity index (χ2n) is 8.07. The number of para-hydroxylation sites is 2. The molecule has 4 aromatic carbocycles. The average Bonchev–Trinajstić information content (AvgIpc) is 3.32. The molecule has 0 bridgehead atoms. The smallest absolute Gasteiger partial charge is 0.335 e. The van der Waals surface area contributed by atoms with Crippen molar-refractivity contribution in [1.82, 2.24) is 0 Å². The van der Waals surface area contributed by atoms with Gasteiger partial charge in [0.1, 0.15) is 5.58 Å². The highest BCUT2D eigenvalue weighted by Gasteiger charge is 2.22. The molecule has 0 aliphatic carbocycles. The fraction of sp³-hybridized carbons (Fsp3) is 0. The Morgan fingerprint density at radius 1 is 0.784 bits per heavy atom. The van der Waals surface area contributed by atoms with Gasteiger partial charge in [-0.15, -0.1) is 0 Å². The van der Waals surface area contributed by atoms with Crippen LogP contribution >= 0.6 is 23.2 Å². The molecule has 7 nitrogen and oxygen atoms in total. The molecule has 186 valence electrons. The van der Waals surface area contributed by atoms with E-state index in [-0.39, 0.29) is 16.3 Å². The number of hydrogen-bond acceptors (Lipinski definition) is 5. The molecule has 0 atom stereocenters. The van der Waals surface area contributed by atoms with Gasteiger partial charge in [-0.05, 0) is 48.5 Å². The molecular weight excluding hydrogens is 535 g/mol. The quantitative estimate of drug-likeness (QED) is 0.191. The van der Waals surface area contributed by atoms with E-state index >= 15 is 0 Å². The summed E-state index contributed by atoms with van der Waals surface area (Å²) in [6.45, 7) is 0. The van der Waals surface area contributed by atoms with Crippen molar-refractivity contribution < 1.29 is 22.7 Å². The van der Waals surface area contributed by atoms with Crippen LogP contribution in [0, 0.1) is 0 Å². The van der Waals surface area contributed by atoms with Crippen LogP contribution in [-0.2, 0) is 10.0 Å². The number of hydrogen-bond donors (Lipinski definition) is 3. The van der Waals surface area contributed by atoms with E-state index in [4.69, 9.17) is 27.6 Å². The van der Waals surface area contributed by atoms with Gasteiger partial charge < -0.3 is 14.8 Å². The Hall–Kier alpha value is -3.98. The summed E-state index contributed by atoms with van der Waals surface area (Å²) in [7, 11) is -4.09. The fourth-order valence-corrected chi connectivity index (χ4v) is 5.26. The number of fused-ring (bicyclic) bond motifs is 1. The minimum absolute atomic E-state index is 0.0833. The molecule has 0 saturated heterocycles. The summed E-state index contributed by atoms with van der Waals surface area (Å²) in [4.78, 5) is 11.5. The number of rotatable bonds is 7. The van der Waals surface area contributed by atoms with Crippen LogP contribution in [0.15, 0.2) is 101 Å². The normalized spacial score (nSPS) is 11.4. The monoisotopic (exact) mass is 552 g/mol. The fourth-order valence-electron chi connectivity index (χ4n) is 3.83. The van der Waals surface area contributed by atoms with Crippen LogP contribution < -0.4 is 10.0 Å². The Bertz CT molecular complexity index is 1730. The zero-order valence-electron chi connectivity index (χ0n) is 18.9. The number of nitrogens with one attached hydrogen (secondary N) is 2. The predicted octanol–water partition coefficient (Wildman–Crippen LogP) is 7.65. The zero-order chi connectivity index (χ0) is 26.2. The minimum Gasteiger partial charge on any atom is -0.478 e. The van der Waals surface area contributed by atoms with E-state index in [1.54, 1.807) is 60.7 Å². The number of carboxylic acids is 1. The number of furan rings is 1. The molecule has 0 fully saturated rings. The number of sulfonamides is 1. The molecule has 0 saturated carbocycles. The maximum atomic E-state index is 13.2. The Morgan fingerprint density at radius 2 is 1.54 bits per heavy atom. The second kappa shape index (κ2) is 9.82. The van der Waals surface area contributed by atoms with Crippen molar-refractivity contribution in [2.75, 3.05) is 10.0 Å². The average molecular weight is 553 g/mol. The third-order valence-electron chi connectivity index (χ3n) is 5.59. The van der Waals surface area contributed by atoms with Gasteiger partial charge in [-0.2, -0.15) is 8.42 Å². The first kappa shape index (κ1) is 24.7. The van der Waals surface area contributed by atoms with Crippen LogP contribution in [0.1, 0.15) is 10.4 Å². The summed E-state index contributed by atoms with van der Waals surface area (Å²) in [6.07, 6.45) is 0. The number of carbonyl (C=O) groups is 1. The van der Waals surface area contributed by atoms with Gasteiger partial charge in [0.05, 0.1) is 16.9 Å². The largest absolute Gasteiger partial charge is 0.478 e. The molecule has 1 heterocycles. The Balaban J connectivity index is 1.53. The summed E-state index contributed by atoms with van der Waals surface area (Å²) >= 11 is 12.6. The van der Waals surface area contributed by atoms with Gasteiger partial charge in [0.15, 0.2) is 0 Å². The SMILES string of the molecule is O=C(O)c1ccc(Cl)c(-c2ccccc2Nc2ccc(Cl)cc2NS(=O)(=O)c2cc3ccccc3o2)c1. The van der Waals surface area contributed by atoms with E-state index in [2.05, 4.69) is 10.0 Å². The van der Waals surface area contributed by atoms with Gasteiger partial charge in [0.2, 0.25) is 5.09 Å². The van der Waals surface area contributed by atoms with Crippen molar-refractivity contribution in [1.29, 1.82) is 0 Å². The molecule has 1 aromatic heterocycles. The molecule has 0 aliphatic rings. The van der Waals surface area contributed by atoms with Crippen molar-refractivity contribution in [3.63, 3.8) is 0 Å². The number of carboxylic acid groups (broad SMARTS) is 1. The number of anilines is 3. The lowest BCUT2D eigenvalue weighted by molar-refractivity contribution is 0.0697. The molecule has 0 amide bonds. The molecule has 5 rings (SSSR count). The van der Waals surface area contributed by atoms with E-state index in [1.165, 1.54) is 30.3 Å². The van der Waals surface area contributed by atoms with Gasteiger partial charge in [-0.1, -0.05) is 59.6 Å². The highest BCUT2D eigenvalue weighted by atomic mass is 35.5. The number of benzene rings is 4. The summed E-state index contributed by atoms with van der Waals surface area (Å²) < 4.78 is 34.4.